The van der Waals surface area contributed by atoms with Crippen LogP contribution in [0, 0.1) is 6.08 Å². The Morgan fingerprint density at radius 3 is 2.12 bits per heavy atom. The van der Waals surface area contributed by atoms with E-state index in [1.165, 1.54) is 0 Å². The van der Waals surface area contributed by atoms with Crippen molar-refractivity contribution in [3.63, 3.8) is 0 Å². The lowest BCUT2D eigenvalue weighted by atomic mass is 10.2. The molecule has 0 heteroatoms. The van der Waals surface area contributed by atoms with E-state index in [2.05, 4.69) is 12.7 Å². The molecule has 0 unspecified atom stereocenters. The predicted octanol–water partition coefficient (Wildman–Crippen LogP) is 2.02. The maximum atomic E-state index is 3.51. The van der Waals surface area contributed by atoms with Crippen molar-refractivity contribution < 1.29 is 0 Å². The van der Waals surface area contributed by atoms with Gasteiger partial charge in [0.15, 0.2) is 0 Å². The molecule has 1 radical (unpaired) electrons. The highest BCUT2D eigenvalue weighted by molar-refractivity contribution is 5.19. The Morgan fingerprint density at radius 2 is 1.75 bits per heavy atom. The zero-order valence-electron chi connectivity index (χ0n) is 4.59. The van der Waals surface area contributed by atoms with Crippen LogP contribution in [0.4, 0.5) is 0 Å². The van der Waals surface area contributed by atoms with E-state index in [0.717, 1.165) is 5.56 Å². The standard InChI is InChI=1S/C8H7/c1-2-8-6-4-3-5-7-8/h3-7H,1H2. The predicted molar refractivity (Wildman–Crippen MR) is 34.4 cm³/mol. The van der Waals surface area contributed by atoms with Crippen molar-refractivity contribution >= 4 is 0 Å². The molecule has 1 aromatic rings. The minimum absolute atomic E-state index is 1.05. The second kappa shape index (κ2) is 2.31. The molecule has 0 saturated heterocycles. The molecule has 0 amide bonds. The van der Waals surface area contributed by atoms with Gasteiger partial charge >= 0.3 is 0 Å². The molecule has 0 aliphatic heterocycles. The second-order valence-electron chi connectivity index (χ2n) is 1.54. The van der Waals surface area contributed by atoms with Gasteiger partial charge in [-0.3, -0.25) is 0 Å². The number of benzene rings is 1. The van der Waals surface area contributed by atoms with Crippen molar-refractivity contribution in [2.24, 2.45) is 0 Å². The van der Waals surface area contributed by atoms with Gasteiger partial charge < -0.3 is 0 Å². The average Bonchev–Trinajstić information content (AvgIpc) is 1.90. The Bertz CT molecular complexity index is 163. The fourth-order valence-electron chi connectivity index (χ4n) is 0.556. The van der Waals surface area contributed by atoms with Crippen molar-refractivity contribution in [1.82, 2.24) is 0 Å². The molecule has 0 atom stereocenters. The van der Waals surface area contributed by atoms with E-state index in [0.29, 0.717) is 0 Å². The smallest absolute Gasteiger partial charge is 0.0183 e. The molecular formula is C8H7. The minimum Gasteiger partial charge on any atom is -0.0906 e. The molecular weight excluding hydrogens is 96.1 g/mol. The van der Waals surface area contributed by atoms with Gasteiger partial charge in [0.2, 0.25) is 0 Å². The van der Waals surface area contributed by atoms with E-state index in [4.69, 9.17) is 0 Å². The molecule has 0 fully saturated rings. The van der Waals surface area contributed by atoms with Gasteiger partial charge in [-0.15, -0.1) is 0 Å². The van der Waals surface area contributed by atoms with Crippen molar-refractivity contribution in [3.8, 4) is 0 Å². The maximum Gasteiger partial charge on any atom is -0.0183 e. The van der Waals surface area contributed by atoms with E-state index in [1.807, 2.05) is 30.3 Å². The Kier molecular flexibility index (Phi) is 1.48. The highest BCUT2D eigenvalue weighted by Crippen LogP contribution is 1.94. The second-order valence-corrected chi connectivity index (χ2v) is 1.54. The maximum absolute atomic E-state index is 3.51. The quantitative estimate of drug-likeness (QED) is 0.510. The molecule has 0 N–H and O–H groups in total. The van der Waals surface area contributed by atoms with E-state index in [-0.39, 0.29) is 0 Å². The summed E-state index contributed by atoms with van der Waals surface area (Å²) < 4.78 is 0. The van der Waals surface area contributed by atoms with Crippen molar-refractivity contribution in [3.05, 3.63) is 48.6 Å². The van der Waals surface area contributed by atoms with Crippen LogP contribution in [0.15, 0.2) is 36.9 Å². The van der Waals surface area contributed by atoms with Gasteiger partial charge in [0.1, 0.15) is 0 Å². The lowest BCUT2D eigenvalue weighted by Gasteiger charge is -1.84. The molecule has 0 aliphatic carbocycles. The molecule has 0 aromatic heterocycles. The molecule has 0 saturated carbocycles. The first-order chi connectivity index (χ1) is 3.93. The summed E-state index contributed by atoms with van der Waals surface area (Å²) in [5, 5.41) is 0. The van der Waals surface area contributed by atoms with Crippen LogP contribution in [-0.2, 0) is 0 Å². The Balaban J connectivity index is 2.99. The van der Waals surface area contributed by atoms with Crippen LogP contribution in [0.25, 0.3) is 0 Å². The van der Waals surface area contributed by atoms with Crippen LogP contribution in [-0.4, -0.2) is 0 Å². The van der Waals surface area contributed by atoms with Gasteiger partial charge in [0, 0.05) is 0 Å². The summed E-state index contributed by atoms with van der Waals surface area (Å²) in [6, 6.07) is 9.84. The number of hydrogen-bond acceptors (Lipinski definition) is 0. The lowest BCUT2D eigenvalue weighted by Crippen LogP contribution is -1.66. The van der Waals surface area contributed by atoms with Gasteiger partial charge in [-0.25, -0.2) is 0 Å². The SMILES string of the molecule is C=[C]c1ccccc1. The van der Waals surface area contributed by atoms with Gasteiger partial charge in [0.05, 0.1) is 0 Å². The van der Waals surface area contributed by atoms with Crippen molar-refractivity contribution in [2.75, 3.05) is 0 Å². The zero-order valence-corrected chi connectivity index (χ0v) is 4.59. The third kappa shape index (κ3) is 0.969. The summed E-state index contributed by atoms with van der Waals surface area (Å²) >= 11 is 0. The van der Waals surface area contributed by atoms with E-state index in [1.54, 1.807) is 0 Å². The van der Waals surface area contributed by atoms with Crippen LogP contribution in [0.1, 0.15) is 5.56 Å². The zero-order chi connectivity index (χ0) is 5.82. The Labute approximate surface area is 49.5 Å². The third-order valence-corrected chi connectivity index (χ3v) is 0.978. The van der Waals surface area contributed by atoms with Crippen LogP contribution in [0.3, 0.4) is 0 Å². The lowest BCUT2D eigenvalue weighted by molar-refractivity contribution is 1.59. The molecule has 0 nitrogen and oxygen atoms in total. The molecule has 1 aromatic carbocycles. The normalized spacial score (nSPS) is 8.50. The topological polar surface area (TPSA) is 0 Å². The Hall–Kier alpha value is -1.04. The Morgan fingerprint density at radius 1 is 1.12 bits per heavy atom. The third-order valence-electron chi connectivity index (χ3n) is 0.978. The molecule has 0 heterocycles. The first-order valence-corrected chi connectivity index (χ1v) is 2.51. The average molecular weight is 103 g/mol. The first kappa shape index (κ1) is 5.10. The van der Waals surface area contributed by atoms with E-state index >= 15 is 0 Å². The molecule has 39 valence electrons. The van der Waals surface area contributed by atoms with Gasteiger partial charge in [-0.05, 0) is 11.6 Å². The summed E-state index contributed by atoms with van der Waals surface area (Å²) in [4.78, 5) is 0. The van der Waals surface area contributed by atoms with Crippen LogP contribution < -0.4 is 0 Å². The van der Waals surface area contributed by atoms with E-state index in [9.17, 15) is 0 Å². The van der Waals surface area contributed by atoms with Gasteiger partial charge in [-0.1, -0.05) is 36.9 Å². The van der Waals surface area contributed by atoms with Crippen LogP contribution >= 0.6 is 0 Å². The largest absolute Gasteiger partial charge is 0.0906 e. The van der Waals surface area contributed by atoms with Crippen molar-refractivity contribution in [1.29, 1.82) is 0 Å². The van der Waals surface area contributed by atoms with Crippen LogP contribution in [0.5, 0.6) is 0 Å². The van der Waals surface area contributed by atoms with Crippen LogP contribution in [0.2, 0.25) is 0 Å². The molecule has 0 bridgehead atoms. The summed E-state index contributed by atoms with van der Waals surface area (Å²) in [6.07, 6.45) is 2.78. The fourth-order valence-corrected chi connectivity index (χ4v) is 0.556. The van der Waals surface area contributed by atoms with Gasteiger partial charge in [-0.2, -0.15) is 0 Å². The highest BCUT2D eigenvalue weighted by Gasteiger charge is 1.76. The molecule has 0 spiro atoms. The molecule has 0 aliphatic rings. The highest BCUT2D eigenvalue weighted by atomic mass is 13.8. The minimum atomic E-state index is 1.05. The summed E-state index contributed by atoms with van der Waals surface area (Å²) in [5.74, 6) is 0. The van der Waals surface area contributed by atoms with Gasteiger partial charge in [0.25, 0.3) is 0 Å². The number of hydrogen-bond donors (Lipinski definition) is 0. The van der Waals surface area contributed by atoms with E-state index < -0.39 is 0 Å². The molecule has 1 rings (SSSR count). The fraction of sp³-hybridized carbons (Fsp3) is 0. The monoisotopic (exact) mass is 103 g/mol. The number of rotatable bonds is 1. The first-order valence-electron chi connectivity index (χ1n) is 2.51. The summed E-state index contributed by atoms with van der Waals surface area (Å²) in [5.41, 5.74) is 1.05. The molecule has 8 heavy (non-hydrogen) atoms. The summed E-state index contributed by atoms with van der Waals surface area (Å²) in [7, 11) is 0. The van der Waals surface area contributed by atoms with Crippen molar-refractivity contribution in [2.45, 2.75) is 0 Å². The summed E-state index contributed by atoms with van der Waals surface area (Å²) in [6.45, 7) is 3.51.